The van der Waals surface area contributed by atoms with Gasteiger partial charge in [-0.1, -0.05) is 56.1 Å². The molecule has 0 amide bonds. The Bertz CT molecular complexity index is 563. The Morgan fingerprint density at radius 2 is 1.50 bits per heavy atom. The summed E-state index contributed by atoms with van der Waals surface area (Å²) in [6.07, 6.45) is 0.821. The maximum atomic E-state index is 6.28. The van der Waals surface area contributed by atoms with E-state index in [0.717, 1.165) is 15.4 Å². The van der Waals surface area contributed by atoms with Crippen molar-refractivity contribution in [2.45, 2.75) is 11.8 Å². The lowest BCUT2D eigenvalue weighted by Gasteiger charge is -2.30. The standard InChI is InChI=1S/C16H14Br2Cl2/c17-14-6-4-13(5-7-14)16(10-19,11-20)9-12-2-1-3-15(18)8-12/h1-8H,9-11H2. The smallest absolute Gasteiger partial charge is 0.0335 e. The van der Waals surface area contributed by atoms with Crippen LogP contribution >= 0.6 is 55.1 Å². The van der Waals surface area contributed by atoms with E-state index in [-0.39, 0.29) is 5.41 Å². The van der Waals surface area contributed by atoms with Crippen LogP contribution in [0.5, 0.6) is 0 Å². The molecule has 0 aromatic heterocycles. The first-order chi connectivity index (χ1) is 9.59. The Kier molecular flexibility index (Phi) is 5.97. The maximum Gasteiger partial charge on any atom is 0.0335 e. The van der Waals surface area contributed by atoms with E-state index in [1.165, 1.54) is 11.1 Å². The number of benzene rings is 2. The van der Waals surface area contributed by atoms with E-state index in [1.807, 2.05) is 24.3 Å². The average molecular weight is 437 g/mol. The molecule has 0 saturated heterocycles. The van der Waals surface area contributed by atoms with Crippen LogP contribution in [0.3, 0.4) is 0 Å². The molecule has 0 heterocycles. The Labute approximate surface area is 146 Å². The number of hydrogen-bond donors (Lipinski definition) is 0. The van der Waals surface area contributed by atoms with Gasteiger partial charge in [0.15, 0.2) is 0 Å². The highest BCUT2D eigenvalue weighted by Crippen LogP contribution is 2.33. The molecule has 2 rings (SSSR count). The van der Waals surface area contributed by atoms with Crippen molar-refractivity contribution in [3.8, 4) is 0 Å². The molecule has 0 atom stereocenters. The summed E-state index contributed by atoms with van der Waals surface area (Å²) in [6, 6.07) is 16.5. The molecule has 0 aliphatic rings. The zero-order valence-electron chi connectivity index (χ0n) is 10.8. The van der Waals surface area contributed by atoms with Gasteiger partial charge in [-0.05, 0) is 41.8 Å². The fourth-order valence-electron chi connectivity index (χ4n) is 2.23. The Balaban J connectivity index is 2.36. The molecule has 0 radical (unpaired) electrons. The summed E-state index contributed by atoms with van der Waals surface area (Å²) in [4.78, 5) is 0. The second-order valence-electron chi connectivity index (χ2n) is 4.86. The summed E-state index contributed by atoms with van der Waals surface area (Å²) in [5.41, 5.74) is 2.15. The van der Waals surface area contributed by atoms with Crippen LogP contribution in [-0.4, -0.2) is 11.8 Å². The van der Waals surface area contributed by atoms with Gasteiger partial charge in [0.05, 0.1) is 0 Å². The minimum atomic E-state index is -0.245. The Morgan fingerprint density at radius 1 is 0.850 bits per heavy atom. The van der Waals surface area contributed by atoms with Crippen molar-refractivity contribution in [1.82, 2.24) is 0 Å². The van der Waals surface area contributed by atoms with Gasteiger partial charge in [0.1, 0.15) is 0 Å². The summed E-state index contributed by atoms with van der Waals surface area (Å²) >= 11 is 19.5. The third-order valence-corrected chi connectivity index (χ3v) is 5.44. The summed E-state index contributed by atoms with van der Waals surface area (Å²) in [7, 11) is 0. The SMILES string of the molecule is ClCC(CCl)(Cc1cccc(Br)c1)c1ccc(Br)cc1. The van der Waals surface area contributed by atoms with Gasteiger partial charge in [-0.2, -0.15) is 0 Å². The minimum absolute atomic E-state index is 0.245. The summed E-state index contributed by atoms with van der Waals surface area (Å²) in [6.45, 7) is 0. The molecule has 0 aliphatic carbocycles. The summed E-state index contributed by atoms with van der Waals surface area (Å²) in [5, 5.41) is 0. The summed E-state index contributed by atoms with van der Waals surface area (Å²) in [5.74, 6) is 0.981. The fraction of sp³-hybridized carbons (Fsp3) is 0.250. The largest absolute Gasteiger partial charge is 0.126 e. The van der Waals surface area contributed by atoms with Crippen molar-refractivity contribution in [3.63, 3.8) is 0 Å². The molecular formula is C16H14Br2Cl2. The van der Waals surface area contributed by atoms with Crippen LogP contribution in [0.25, 0.3) is 0 Å². The molecule has 0 N–H and O–H groups in total. The van der Waals surface area contributed by atoms with Crippen LogP contribution in [0.4, 0.5) is 0 Å². The first kappa shape index (κ1) is 16.4. The molecule has 0 aliphatic heterocycles. The van der Waals surface area contributed by atoms with Gasteiger partial charge in [0, 0.05) is 26.1 Å². The van der Waals surface area contributed by atoms with Gasteiger partial charge < -0.3 is 0 Å². The van der Waals surface area contributed by atoms with Gasteiger partial charge >= 0.3 is 0 Å². The molecule has 106 valence electrons. The van der Waals surface area contributed by atoms with Crippen molar-refractivity contribution in [2.24, 2.45) is 0 Å². The predicted molar refractivity (Wildman–Crippen MR) is 95.1 cm³/mol. The number of rotatable bonds is 5. The monoisotopic (exact) mass is 434 g/mol. The third kappa shape index (κ3) is 3.79. The van der Waals surface area contributed by atoms with Crippen molar-refractivity contribution >= 4 is 55.1 Å². The van der Waals surface area contributed by atoms with Gasteiger partial charge in [-0.25, -0.2) is 0 Å². The minimum Gasteiger partial charge on any atom is -0.126 e. The van der Waals surface area contributed by atoms with Crippen LogP contribution in [-0.2, 0) is 11.8 Å². The lowest BCUT2D eigenvalue weighted by atomic mass is 9.79. The van der Waals surface area contributed by atoms with Crippen molar-refractivity contribution in [2.75, 3.05) is 11.8 Å². The van der Waals surface area contributed by atoms with Crippen LogP contribution in [0.15, 0.2) is 57.5 Å². The summed E-state index contributed by atoms with van der Waals surface area (Å²) < 4.78 is 2.13. The quantitative estimate of drug-likeness (QED) is 0.491. The van der Waals surface area contributed by atoms with E-state index < -0.39 is 0 Å². The van der Waals surface area contributed by atoms with Gasteiger partial charge in [0.2, 0.25) is 0 Å². The number of alkyl halides is 2. The highest BCUT2D eigenvalue weighted by molar-refractivity contribution is 9.10. The predicted octanol–water partition coefficient (Wildman–Crippen LogP) is 6.17. The van der Waals surface area contributed by atoms with Crippen LogP contribution in [0.1, 0.15) is 11.1 Å². The fourth-order valence-corrected chi connectivity index (χ4v) is 3.72. The molecule has 2 aromatic rings. The molecule has 2 aromatic carbocycles. The molecule has 0 saturated carbocycles. The van der Waals surface area contributed by atoms with Crippen LogP contribution in [0, 0.1) is 0 Å². The van der Waals surface area contributed by atoms with E-state index in [4.69, 9.17) is 23.2 Å². The van der Waals surface area contributed by atoms with E-state index in [1.54, 1.807) is 0 Å². The molecule has 0 bridgehead atoms. The highest BCUT2D eigenvalue weighted by Gasteiger charge is 2.31. The topological polar surface area (TPSA) is 0 Å². The first-order valence-corrected chi connectivity index (χ1v) is 8.87. The Morgan fingerprint density at radius 3 is 2.05 bits per heavy atom. The number of halogens is 4. The first-order valence-electron chi connectivity index (χ1n) is 6.22. The highest BCUT2D eigenvalue weighted by atomic mass is 79.9. The van der Waals surface area contributed by atoms with Crippen LogP contribution in [0.2, 0.25) is 0 Å². The second kappa shape index (κ2) is 7.31. The van der Waals surface area contributed by atoms with Crippen molar-refractivity contribution < 1.29 is 0 Å². The Hall–Kier alpha value is -0.0200. The average Bonchev–Trinajstić information content (AvgIpc) is 2.46. The van der Waals surface area contributed by atoms with Gasteiger partial charge in [0.25, 0.3) is 0 Å². The molecule has 20 heavy (non-hydrogen) atoms. The zero-order chi connectivity index (χ0) is 14.6. The van der Waals surface area contributed by atoms with Gasteiger partial charge in [-0.3, -0.25) is 0 Å². The van der Waals surface area contributed by atoms with E-state index in [9.17, 15) is 0 Å². The molecular weight excluding hydrogens is 423 g/mol. The van der Waals surface area contributed by atoms with E-state index in [2.05, 4.69) is 56.1 Å². The van der Waals surface area contributed by atoms with Crippen molar-refractivity contribution in [1.29, 1.82) is 0 Å². The molecule has 0 unspecified atom stereocenters. The zero-order valence-corrected chi connectivity index (χ0v) is 15.4. The van der Waals surface area contributed by atoms with E-state index in [0.29, 0.717) is 11.8 Å². The number of hydrogen-bond acceptors (Lipinski definition) is 0. The lowest BCUT2D eigenvalue weighted by Crippen LogP contribution is -2.33. The molecule has 0 spiro atoms. The molecule has 0 nitrogen and oxygen atoms in total. The molecule has 4 heteroatoms. The van der Waals surface area contributed by atoms with Crippen molar-refractivity contribution in [3.05, 3.63) is 68.6 Å². The second-order valence-corrected chi connectivity index (χ2v) is 7.23. The molecule has 0 fully saturated rings. The van der Waals surface area contributed by atoms with E-state index >= 15 is 0 Å². The third-order valence-electron chi connectivity index (χ3n) is 3.40. The van der Waals surface area contributed by atoms with Gasteiger partial charge in [-0.15, -0.1) is 23.2 Å². The lowest BCUT2D eigenvalue weighted by molar-refractivity contribution is 0.536. The maximum absolute atomic E-state index is 6.28. The van der Waals surface area contributed by atoms with Crippen LogP contribution < -0.4 is 0 Å². The normalized spacial score (nSPS) is 11.6.